The lowest BCUT2D eigenvalue weighted by atomic mass is 9.36. The highest BCUT2D eigenvalue weighted by molar-refractivity contribution is 5.65. The summed E-state index contributed by atoms with van der Waals surface area (Å²) in [5.74, 6) is 0.823. The first-order valence-electron chi connectivity index (χ1n) is 11.5. The van der Waals surface area contributed by atoms with Gasteiger partial charge in [-0.05, 0) is 57.8 Å². The van der Waals surface area contributed by atoms with Crippen LogP contribution in [0.2, 0.25) is 0 Å². The first-order valence-corrected chi connectivity index (χ1v) is 11.5. The van der Waals surface area contributed by atoms with Crippen molar-refractivity contribution in [2.75, 3.05) is 20.7 Å². The van der Waals surface area contributed by atoms with Crippen LogP contribution in [-0.4, -0.2) is 59.2 Å². The molecular weight excluding hydrogens is 414 g/mol. The summed E-state index contributed by atoms with van der Waals surface area (Å²) in [6.07, 6.45) is 8.86. The number of ether oxygens (including phenoxy) is 2. The van der Waals surface area contributed by atoms with E-state index in [-0.39, 0.29) is 41.0 Å². The van der Waals surface area contributed by atoms with Gasteiger partial charge in [-0.25, -0.2) is 0 Å². The summed E-state index contributed by atoms with van der Waals surface area (Å²) in [6, 6.07) is 4.23. The van der Waals surface area contributed by atoms with Crippen molar-refractivity contribution in [2.45, 2.75) is 74.7 Å². The Bertz CT molecular complexity index is 963. The summed E-state index contributed by atoms with van der Waals surface area (Å²) in [5, 5.41) is 22.4. The Kier molecular flexibility index (Phi) is 4.46. The quantitative estimate of drug-likeness (QED) is 0.645. The molecule has 0 aromatic heterocycles. The number of halogens is 1. The van der Waals surface area contributed by atoms with Gasteiger partial charge in [0, 0.05) is 30.0 Å². The molecule has 2 N–H and O–H groups in total. The third-order valence-corrected chi connectivity index (χ3v) is 9.58. The summed E-state index contributed by atoms with van der Waals surface area (Å²) in [4.78, 5) is 2.51. The number of benzene rings is 1. The summed E-state index contributed by atoms with van der Waals surface area (Å²) >= 11 is 0. The van der Waals surface area contributed by atoms with Crippen molar-refractivity contribution >= 4 is 0 Å². The molecule has 1 aromatic rings. The number of phenolic OH excluding ortho intramolecular Hbond substituents is 1. The van der Waals surface area contributed by atoms with E-state index >= 15 is 0 Å². The molecule has 1 aromatic carbocycles. The molecule has 2 fully saturated rings. The lowest BCUT2D eigenvalue weighted by Gasteiger charge is -2.72. The number of hydrogen-bond donors (Lipinski definition) is 2. The first kappa shape index (κ1) is 21.6. The maximum absolute atomic E-state index is 11.7. The maximum atomic E-state index is 11.7. The van der Waals surface area contributed by atoms with Crippen molar-refractivity contribution in [1.29, 1.82) is 0 Å². The van der Waals surface area contributed by atoms with Gasteiger partial charge in [-0.3, -0.25) is 0 Å². The van der Waals surface area contributed by atoms with Crippen molar-refractivity contribution in [3.05, 3.63) is 35.4 Å². The van der Waals surface area contributed by atoms with E-state index < -0.39 is 11.2 Å². The van der Waals surface area contributed by atoms with Crippen LogP contribution in [0.1, 0.15) is 50.7 Å². The topological polar surface area (TPSA) is 62.2 Å². The second-order valence-corrected chi connectivity index (χ2v) is 10.7. The Morgan fingerprint density at radius 3 is 2.81 bits per heavy atom. The van der Waals surface area contributed by atoms with Crippen molar-refractivity contribution in [3.63, 3.8) is 0 Å². The molecule has 6 aliphatic rings. The third kappa shape index (κ3) is 2.15. The predicted molar refractivity (Wildman–Crippen MR) is 114 cm³/mol. The van der Waals surface area contributed by atoms with Gasteiger partial charge < -0.3 is 37.0 Å². The minimum Gasteiger partial charge on any atom is -1.00 e. The molecule has 4 bridgehead atoms. The van der Waals surface area contributed by atoms with Gasteiger partial charge in [0.1, 0.15) is 11.7 Å². The van der Waals surface area contributed by atoms with Gasteiger partial charge in [-0.1, -0.05) is 31.6 Å². The van der Waals surface area contributed by atoms with Crippen LogP contribution < -0.4 is 17.1 Å². The average molecular weight is 447 g/mol. The van der Waals surface area contributed by atoms with E-state index in [2.05, 4.69) is 37.1 Å². The van der Waals surface area contributed by atoms with Gasteiger partial charge in [0.15, 0.2) is 11.5 Å². The number of likely N-dealkylation sites (tertiary alicyclic amines) is 1. The van der Waals surface area contributed by atoms with Gasteiger partial charge >= 0.3 is 0 Å². The minimum absolute atomic E-state index is 0. The number of aliphatic hydroxyl groups is 1. The van der Waals surface area contributed by atoms with Crippen molar-refractivity contribution in [3.8, 4) is 11.5 Å². The maximum Gasteiger partial charge on any atom is 0.165 e. The Balaban J connectivity index is 0.00000204. The van der Waals surface area contributed by atoms with Crippen LogP contribution in [0.15, 0.2) is 24.3 Å². The Morgan fingerprint density at radius 2 is 2.10 bits per heavy atom. The van der Waals surface area contributed by atoms with Gasteiger partial charge in [0.05, 0.1) is 11.0 Å². The molecular formula is C25H33ClNO4-. The largest absolute Gasteiger partial charge is 1.00 e. The van der Waals surface area contributed by atoms with E-state index in [0.29, 0.717) is 11.8 Å². The fourth-order valence-corrected chi connectivity index (χ4v) is 8.44. The average Bonchev–Trinajstić information content (AvgIpc) is 3.09. The number of likely N-dealkylation sites (N-methyl/N-ethyl adjacent to an activating group) is 1. The minimum atomic E-state index is -0.850. The smallest absolute Gasteiger partial charge is 0.165 e. The zero-order valence-corrected chi connectivity index (χ0v) is 19.6. The van der Waals surface area contributed by atoms with Crippen molar-refractivity contribution in [2.24, 2.45) is 11.3 Å². The third-order valence-electron chi connectivity index (χ3n) is 9.58. The first-order chi connectivity index (χ1) is 14.3. The molecule has 2 aliphatic heterocycles. The molecule has 31 heavy (non-hydrogen) atoms. The van der Waals surface area contributed by atoms with Gasteiger partial charge in [0.2, 0.25) is 0 Å². The van der Waals surface area contributed by atoms with Crippen LogP contribution in [-0.2, 0) is 16.6 Å². The van der Waals surface area contributed by atoms with E-state index in [0.717, 1.165) is 38.6 Å². The van der Waals surface area contributed by atoms with Crippen LogP contribution in [0.3, 0.4) is 0 Å². The summed E-state index contributed by atoms with van der Waals surface area (Å²) in [7, 11) is 4.00. The molecule has 170 valence electrons. The summed E-state index contributed by atoms with van der Waals surface area (Å²) in [5.41, 5.74) is 0.625. The number of piperidine rings is 1. The van der Waals surface area contributed by atoms with Gasteiger partial charge in [0.25, 0.3) is 0 Å². The van der Waals surface area contributed by atoms with E-state index in [1.807, 2.05) is 6.92 Å². The monoisotopic (exact) mass is 446 g/mol. The van der Waals surface area contributed by atoms with Crippen molar-refractivity contribution in [1.82, 2.24) is 4.90 Å². The number of methoxy groups -OCH3 is 1. The van der Waals surface area contributed by atoms with E-state index in [1.54, 1.807) is 13.2 Å². The van der Waals surface area contributed by atoms with E-state index in [9.17, 15) is 10.2 Å². The second-order valence-electron chi connectivity index (χ2n) is 10.7. The number of nitrogens with zero attached hydrogens (tertiary/aromatic N) is 1. The zero-order valence-electron chi connectivity index (χ0n) is 18.8. The molecule has 2 spiro atoms. The molecule has 5 unspecified atom stereocenters. The highest BCUT2D eigenvalue weighted by atomic mass is 35.5. The molecule has 5 nitrogen and oxygen atoms in total. The lowest BCUT2D eigenvalue weighted by Crippen LogP contribution is -3.00. The fraction of sp³-hybridized carbons (Fsp3) is 0.680. The normalized spacial score (nSPS) is 43.1. The number of aromatic hydroxyl groups is 1. The number of phenols is 1. The zero-order chi connectivity index (χ0) is 21.1. The molecule has 2 heterocycles. The molecule has 4 aliphatic carbocycles. The van der Waals surface area contributed by atoms with E-state index in [4.69, 9.17) is 9.47 Å². The predicted octanol–water partition coefficient (Wildman–Crippen LogP) is 0.168. The SMILES string of the molecule is CCCC(C)(O)C1CC23C=CC1(OC)C1Oc4c(O)ccc5c4[C@@]12CCN(C)[C@@H]3C5.[Cl-]. The Labute approximate surface area is 190 Å². The fourth-order valence-electron chi connectivity index (χ4n) is 8.44. The van der Waals surface area contributed by atoms with Crippen LogP contribution in [0.25, 0.3) is 0 Å². The highest BCUT2D eigenvalue weighted by Gasteiger charge is 2.80. The number of hydrogen-bond acceptors (Lipinski definition) is 5. The molecule has 7 rings (SSSR count). The van der Waals surface area contributed by atoms with Crippen LogP contribution in [0.5, 0.6) is 11.5 Å². The molecule has 1 saturated carbocycles. The summed E-state index contributed by atoms with van der Waals surface area (Å²) < 4.78 is 13.1. The summed E-state index contributed by atoms with van der Waals surface area (Å²) in [6.45, 7) is 5.11. The Morgan fingerprint density at radius 1 is 1.32 bits per heavy atom. The van der Waals surface area contributed by atoms with Crippen LogP contribution >= 0.6 is 0 Å². The molecule has 7 atom stereocenters. The molecule has 0 amide bonds. The molecule has 1 saturated heterocycles. The standard InChI is InChI=1S/C25H33NO4.ClH/c1-5-8-22(2,28)17-14-23-9-10-25(17,29-4)21-24(23)11-12-26(3)18(23)13-15-6-7-16(27)20(30-21)19(15)24;/h6-7,9-10,17-18,21,27-28H,5,8,11-14H2,1-4H3;1H/p-1/t17?,18-,21?,22?,23?,24+,25?;/m1./s1. The number of rotatable bonds is 4. The van der Waals surface area contributed by atoms with Crippen molar-refractivity contribution < 1.29 is 32.1 Å². The van der Waals surface area contributed by atoms with Crippen LogP contribution in [0, 0.1) is 11.3 Å². The highest BCUT2D eigenvalue weighted by Crippen LogP contribution is 2.75. The van der Waals surface area contributed by atoms with Gasteiger partial charge in [-0.2, -0.15) is 0 Å². The Hall–Kier alpha value is -1.27. The van der Waals surface area contributed by atoms with E-state index in [1.165, 1.54) is 11.1 Å². The molecule has 6 heteroatoms. The molecule has 0 radical (unpaired) electrons. The lowest BCUT2D eigenvalue weighted by molar-refractivity contribution is -0.247. The number of fused-ring (bicyclic) bond motifs is 1. The van der Waals surface area contributed by atoms with Crippen LogP contribution in [0.4, 0.5) is 0 Å². The van der Waals surface area contributed by atoms with Gasteiger partial charge in [-0.15, -0.1) is 0 Å². The second kappa shape index (κ2) is 6.40.